The second kappa shape index (κ2) is 8.44. The largest absolute Gasteiger partial charge is 0.336 e. The van der Waals surface area contributed by atoms with Gasteiger partial charge in [0.15, 0.2) is 0 Å². The minimum Gasteiger partial charge on any atom is -0.336 e. The number of sulfonamides is 1. The number of benzene rings is 2. The molecule has 0 aliphatic carbocycles. The molecule has 10 heteroatoms. The summed E-state index contributed by atoms with van der Waals surface area (Å²) in [6.07, 6.45) is 0. The number of hydrogen-bond donors (Lipinski definition) is 0. The van der Waals surface area contributed by atoms with E-state index in [0.717, 1.165) is 12.1 Å². The molecule has 4 rings (SSSR count). The molecule has 32 heavy (non-hydrogen) atoms. The van der Waals surface area contributed by atoms with Crippen LogP contribution in [0.1, 0.15) is 21.7 Å². The van der Waals surface area contributed by atoms with Gasteiger partial charge in [-0.3, -0.25) is 4.79 Å². The van der Waals surface area contributed by atoms with Gasteiger partial charge in [0.05, 0.1) is 27.5 Å². The van der Waals surface area contributed by atoms with E-state index in [0.29, 0.717) is 22.6 Å². The molecule has 1 aliphatic rings. The van der Waals surface area contributed by atoms with Gasteiger partial charge in [-0.05, 0) is 62.4 Å². The van der Waals surface area contributed by atoms with Crippen LogP contribution < -0.4 is 0 Å². The first kappa shape index (κ1) is 22.1. The molecular formula is C22H22F2N4O3S. The molecule has 2 aromatic carbocycles. The molecule has 0 spiro atoms. The predicted octanol–water partition coefficient (Wildman–Crippen LogP) is 2.91. The number of piperazine rings is 1. The zero-order chi connectivity index (χ0) is 23.0. The fourth-order valence-electron chi connectivity index (χ4n) is 3.83. The summed E-state index contributed by atoms with van der Waals surface area (Å²) in [4.78, 5) is 14.8. The lowest BCUT2D eigenvalue weighted by atomic mass is 10.1. The van der Waals surface area contributed by atoms with Crippen LogP contribution in [0.3, 0.4) is 0 Å². The van der Waals surface area contributed by atoms with E-state index in [-0.39, 0.29) is 42.8 Å². The maximum atomic E-state index is 13.2. The Morgan fingerprint density at radius 3 is 1.97 bits per heavy atom. The highest BCUT2D eigenvalue weighted by Gasteiger charge is 2.32. The second-order valence-corrected chi connectivity index (χ2v) is 9.52. The maximum absolute atomic E-state index is 13.2. The highest BCUT2D eigenvalue weighted by Crippen LogP contribution is 2.22. The summed E-state index contributed by atoms with van der Waals surface area (Å²) >= 11 is 0. The van der Waals surface area contributed by atoms with Gasteiger partial charge >= 0.3 is 0 Å². The molecule has 168 valence electrons. The van der Waals surface area contributed by atoms with Gasteiger partial charge in [0.2, 0.25) is 10.0 Å². The minimum absolute atomic E-state index is 0.0194. The second-order valence-electron chi connectivity index (χ2n) is 7.58. The van der Waals surface area contributed by atoms with E-state index < -0.39 is 15.8 Å². The van der Waals surface area contributed by atoms with E-state index in [1.54, 1.807) is 35.6 Å². The summed E-state index contributed by atoms with van der Waals surface area (Å²) in [6, 6.07) is 10.5. The smallest absolute Gasteiger partial charge is 0.257 e. The number of halogens is 2. The van der Waals surface area contributed by atoms with Crippen molar-refractivity contribution in [1.82, 2.24) is 19.0 Å². The first-order valence-corrected chi connectivity index (χ1v) is 11.5. The van der Waals surface area contributed by atoms with E-state index in [1.807, 2.05) is 0 Å². The Balaban J connectivity index is 1.50. The van der Waals surface area contributed by atoms with Gasteiger partial charge in [-0.1, -0.05) is 0 Å². The van der Waals surface area contributed by atoms with Crippen LogP contribution in [-0.2, 0) is 10.0 Å². The van der Waals surface area contributed by atoms with Crippen molar-refractivity contribution in [2.75, 3.05) is 26.2 Å². The van der Waals surface area contributed by atoms with Gasteiger partial charge in [0.1, 0.15) is 11.6 Å². The normalized spacial score (nSPS) is 15.2. The molecule has 0 saturated carbocycles. The van der Waals surface area contributed by atoms with E-state index in [9.17, 15) is 22.0 Å². The van der Waals surface area contributed by atoms with Crippen molar-refractivity contribution >= 4 is 15.9 Å². The molecule has 0 N–H and O–H groups in total. The highest BCUT2D eigenvalue weighted by molar-refractivity contribution is 7.89. The van der Waals surface area contributed by atoms with Gasteiger partial charge in [0, 0.05) is 26.2 Å². The van der Waals surface area contributed by atoms with Gasteiger partial charge in [-0.25, -0.2) is 21.9 Å². The first-order chi connectivity index (χ1) is 15.2. The third-order valence-corrected chi connectivity index (χ3v) is 7.47. The van der Waals surface area contributed by atoms with Gasteiger partial charge in [-0.2, -0.15) is 9.40 Å². The van der Waals surface area contributed by atoms with Crippen LogP contribution in [-0.4, -0.2) is 59.5 Å². The SMILES string of the molecule is Cc1nn(-c2ccc(F)cc2)c(C)c1C(=O)N1CCN(S(=O)(=O)c2ccc(F)cc2)CC1. The number of aromatic nitrogens is 2. The van der Waals surface area contributed by atoms with Crippen LogP contribution in [0.25, 0.3) is 5.69 Å². The monoisotopic (exact) mass is 460 g/mol. The Morgan fingerprint density at radius 1 is 0.875 bits per heavy atom. The number of hydrogen-bond acceptors (Lipinski definition) is 4. The van der Waals surface area contributed by atoms with E-state index in [4.69, 9.17) is 0 Å². The van der Waals surface area contributed by atoms with Crippen molar-refractivity contribution < 1.29 is 22.0 Å². The number of aryl methyl sites for hydroxylation is 1. The number of rotatable bonds is 4. The van der Waals surface area contributed by atoms with Crippen molar-refractivity contribution in [1.29, 1.82) is 0 Å². The molecule has 7 nitrogen and oxygen atoms in total. The molecule has 2 heterocycles. The van der Waals surface area contributed by atoms with Crippen molar-refractivity contribution in [2.24, 2.45) is 0 Å². The maximum Gasteiger partial charge on any atom is 0.257 e. The summed E-state index contributed by atoms with van der Waals surface area (Å²) in [7, 11) is -3.76. The van der Waals surface area contributed by atoms with Crippen molar-refractivity contribution in [3.8, 4) is 5.69 Å². The highest BCUT2D eigenvalue weighted by atomic mass is 32.2. The van der Waals surface area contributed by atoms with Gasteiger partial charge in [-0.15, -0.1) is 0 Å². The van der Waals surface area contributed by atoms with Crippen LogP contribution in [0, 0.1) is 25.5 Å². The summed E-state index contributed by atoms with van der Waals surface area (Å²) in [5.41, 5.74) is 2.25. The molecule has 3 aromatic rings. The molecule has 1 fully saturated rings. The Morgan fingerprint density at radius 2 is 1.41 bits per heavy atom. The van der Waals surface area contributed by atoms with Crippen molar-refractivity contribution in [3.05, 3.63) is 77.1 Å². The number of amides is 1. The third-order valence-electron chi connectivity index (χ3n) is 5.55. The van der Waals surface area contributed by atoms with E-state index in [1.165, 1.54) is 28.6 Å². The topological polar surface area (TPSA) is 75.5 Å². The molecule has 0 radical (unpaired) electrons. The summed E-state index contributed by atoms with van der Waals surface area (Å²) < 4.78 is 54.9. The number of carbonyl (C=O) groups excluding carboxylic acids is 1. The lowest BCUT2D eigenvalue weighted by Crippen LogP contribution is -2.50. The first-order valence-electron chi connectivity index (χ1n) is 10.1. The van der Waals surface area contributed by atoms with Gasteiger partial charge in [0.25, 0.3) is 5.91 Å². The molecule has 1 aromatic heterocycles. The zero-order valence-corrected chi connectivity index (χ0v) is 18.4. The Labute approximate surface area is 184 Å². The fraction of sp³-hybridized carbons (Fsp3) is 0.273. The van der Waals surface area contributed by atoms with Crippen LogP contribution in [0.5, 0.6) is 0 Å². The number of carbonyl (C=O) groups is 1. The fourth-order valence-corrected chi connectivity index (χ4v) is 5.25. The molecular weight excluding hydrogens is 438 g/mol. The molecule has 0 bridgehead atoms. The van der Waals surface area contributed by atoms with E-state index in [2.05, 4.69) is 5.10 Å². The number of nitrogens with zero attached hydrogens (tertiary/aromatic N) is 4. The zero-order valence-electron chi connectivity index (χ0n) is 17.6. The molecule has 1 saturated heterocycles. The third kappa shape index (κ3) is 4.03. The summed E-state index contributed by atoms with van der Waals surface area (Å²) in [5.74, 6) is -1.10. The lowest BCUT2D eigenvalue weighted by Gasteiger charge is -2.34. The Hall–Kier alpha value is -3.11. The quantitative estimate of drug-likeness (QED) is 0.600. The average molecular weight is 461 g/mol. The summed E-state index contributed by atoms with van der Waals surface area (Å²) in [5, 5.41) is 4.44. The van der Waals surface area contributed by atoms with Crippen molar-refractivity contribution in [3.63, 3.8) is 0 Å². The lowest BCUT2D eigenvalue weighted by molar-refractivity contribution is 0.0696. The average Bonchev–Trinajstić information content (AvgIpc) is 3.08. The molecule has 1 amide bonds. The van der Waals surface area contributed by atoms with Crippen molar-refractivity contribution in [2.45, 2.75) is 18.7 Å². The minimum atomic E-state index is -3.76. The van der Waals surface area contributed by atoms with Gasteiger partial charge < -0.3 is 4.90 Å². The predicted molar refractivity (Wildman–Crippen MR) is 114 cm³/mol. The van der Waals surface area contributed by atoms with Crippen LogP contribution >= 0.6 is 0 Å². The molecule has 1 aliphatic heterocycles. The van der Waals surface area contributed by atoms with E-state index >= 15 is 0 Å². The standard InChI is InChI=1S/C22H22F2N4O3S/c1-15-21(16(2)28(25-15)19-7-3-17(23)4-8-19)22(29)26-11-13-27(14-12-26)32(30,31)20-9-5-18(24)6-10-20/h3-10H,11-14H2,1-2H3. The van der Waals surface area contributed by atoms with Crippen LogP contribution in [0.2, 0.25) is 0 Å². The summed E-state index contributed by atoms with van der Waals surface area (Å²) in [6.45, 7) is 4.21. The van der Waals surface area contributed by atoms with Crippen LogP contribution in [0.4, 0.5) is 8.78 Å². The Kier molecular flexibility index (Phi) is 5.83. The molecule has 0 unspecified atom stereocenters. The van der Waals surface area contributed by atoms with Crippen LogP contribution in [0.15, 0.2) is 53.4 Å². The Bertz CT molecular complexity index is 1250. The molecule has 0 atom stereocenters.